The standard InChI is InChI=1S/C12H26O4S.C4H4O4.Na/c1-2-3-4-5-6-7-8-9-10-11-12-16-17(13,14)15;5-3(6)1-2-4(7)8;/h2-12H2,1H3,(H,13,14,15);1-2H,(H,5,6)(H,7,8);/q;;+1/p-1/b;2-1-;. The second-order valence-corrected chi connectivity index (χ2v) is 6.51. The fourth-order valence-electron chi connectivity index (χ4n) is 1.89. The number of rotatable bonds is 14. The molecule has 0 aromatic rings. The van der Waals surface area contributed by atoms with Crippen LogP contribution >= 0.6 is 0 Å². The van der Waals surface area contributed by atoms with Crippen LogP contribution in [0, 0.1) is 0 Å². The number of hydrogen-bond donors (Lipinski definition) is 2. The fourth-order valence-corrected chi connectivity index (χ4v) is 2.22. The van der Waals surface area contributed by atoms with Crippen molar-refractivity contribution in [3.05, 3.63) is 12.2 Å². The number of carboxylic acids is 2. The van der Waals surface area contributed by atoms with Gasteiger partial charge in [-0.25, -0.2) is 8.98 Å². The molecule has 0 fully saturated rings. The summed E-state index contributed by atoms with van der Waals surface area (Å²) in [5.41, 5.74) is 0. The van der Waals surface area contributed by atoms with Crippen LogP contribution in [-0.2, 0) is 24.2 Å². The Bertz CT molecular complexity index is 461. The van der Waals surface area contributed by atoms with E-state index >= 15 is 0 Å². The van der Waals surface area contributed by atoms with E-state index in [1.54, 1.807) is 0 Å². The first-order valence-electron chi connectivity index (χ1n) is 8.43. The van der Waals surface area contributed by atoms with E-state index in [1.807, 2.05) is 0 Å². The van der Waals surface area contributed by atoms with Gasteiger partial charge in [0.2, 0.25) is 0 Å². The van der Waals surface area contributed by atoms with Gasteiger partial charge in [-0.2, -0.15) is 8.42 Å². The molecule has 0 unspecified atom stereocenters. The van der Waals surface area contributed by atoms with Crippen LogP contribution in [0.15, 0.2) is 12.2 Å². The zero-order valence-electron chi connectivity index (χ0n) is 15.7. The minimum absolute atomic E-state index is 0. The van der Waals surface area contributed by atoms with Crippen LogP contribution in [-0.4, -0.2) is 36.6 Å². The zero-order valence-corrected chi connectivity index (χ0v) is 18.5. The first kappa shape index (κ1) is 30.3. The largest absolute Gasteiger partial charge is 1.00 e. The molecular weight excluding hydrogens is 375 g/mol. The van der Waals surface area contributed by atoms with Crippen LogP contribution in [0.3, 0.4) is 0 Å². The quantitative estimate of drug-likeness (QED) is 0.164. The average molecular weight is 404 g/mol. The molecule has 26 heavy (non-hydrogen) atoms. The Morgan fingerprint density at radius 3 is 1.65 bits per heavy atom. The van der Waals surface area contributed by atoms with Gasteiger partial charge in [0.25, 0.3) is 0 Å². The van der Waals surface area contributed by atoms with Crippen molar-refractivity contribution < 1.29 is 66.5 Å². The molecule has 0 heterocycles. The molecule has 0 atom stereocenters. The van der Waals surface area contributed by atoms with E-state index in [-0.39, 0.29) is 36.2 Å². The Labute approximate surface area is 178 Å². The molecule has 0 spiro atoms. The van der Waals surface area contributed by atoms with E-state index in [0.29, 0.717) is 18.6 Å². The van der Waals surface area contributed by atoms with Crippen molar-refractivity contribution in [3.63, 3.8) is 0 Å². The molecule has 0 aromatic carbocycles. The number of carbonyl (C=O) groups is 2. The third-order valence-electron chi connectivity index (χ3n) is 3.09. The van der Waals surface area contributed by atoms with Crippen molar-refractivity contribution in [2.24, 2.45) is 0 Å². The Morgan fingerprint density at radius 1 is 0.923 bits per heavy atom. The predicted molar refractivity (Wildman–Crippen MR) is 91.1 cm³/mol. The molecule has 0 bridgehead atoms. The van der Waals surface area contributed by atoms with Gasteiger partial charge in [0.05, 0.1) is 12.6 Å². The molecule has 0 saturated heterocycles. The number of unbranched alkanes of at least 4 members (excludes halogenated alkanes) is 9. The van der Waals surface area contributed by atoms with Gasteiger partial charge < -0.3 is 15.0 Å². The van der Waals surface area contributed by atoms with Crippen LogP contribution in [0.1, 0.15) is 71.1 Å². The zero-order chi connectivity index (χ0) is 19.6. The normalized spacial score (nSPS) is 10.7. The Morgan fingerprint density at radius 2 is 1.35 bits per heavy atom. The van der Waals surface area contributed by atoms with Gasteiger partial charge in [-0.1, -0.05) is 64.7 Å². The molecule has 0 radical (unpaired) electrons. The van der Waals surface area contributed by atoms with E-state index in [9.17, 15) is 23.1 Å². The van der Waals surface area contributed by atoms with Crippen LogP contribution < -0.4 is 34.7 Å². The van der Waals surface area contributed by atoms with E-state index < -0.39 is 22.3 Å². The molecule has 10 heteroatoms. The van der Waals surface area contributed by atoms with Crippen LogP contribution in [0.5, 0.6) is 0 Å². The van der Waals surface area contributed by atoms with Crippen molar-refractivity contribution in [1.29, 1.82) is 0 Å². The topological polar surface area (TPSA) is 141 Å². The molecule has 0 rings (SSSR count). The maximum Gasteiger partial charge on any atom is 1.00 e. The van der Waals surface area contributed by atoms with Gasteiger partial charge in [0, 0.05) is 6.08 Å². The first-order chi connectivity index (χ1) is 11.7. The second-order valence-electron chi connectivity index (χ2n) is 5.42. The summed E-state index contributed by atoms with van der Waals surface area (Å²) in [6, 6.07) is 0. The first-order valence-corrected chi connectivity index (χ1v) is 9.79. The molecule has 8 nitrogen and oxygen atoms in total. The number of hydrogen-bond acceptors (Lipinski definition) is 6. The van der Waals surface area contributed by atoms with E-state index in [4.69, 9.17) is 9.66 Å². The minimum atomic E-state index is -4.23. The molecule has 0 amide bonds. The average Bonchev–Trinajstić information content (AvgIpc) is 2.50. The molecule has 0 aliphatic rings. The predicted octanol–water partition coefficient (Wildman–Crippen LogP) is -0.892. The molecule has 0 saturated carbocycles. The summed E-state index contributed by atoms with van der Waals surface area (Å²) in [6.07, 6.45) is 12.8. The van der Waals surface area contributed by atoms with E-state index in [2.05, 4.69) is 11.1 Å². The van der Waals surface area contributed by atoms with Gasteiger partial charge in [-0.3, -0.25) is 4.55 Å². The Kier molecular flexibility index (Phi) is 24.3. The molecule has 0 aliphatic carbocycles. The number of carboxylic acid groups (broad SMARTS) is 2. The summed E-state index contributed by atoms with van der Waals surface area (Å²) in [4.78, 5) is 19.0. The summed E-state index contributed by atoms with van der Waals surface area (Å²) in [6.45, 7) is 2.31. The fraction of sp³-hybridized carbons (Fsp3) is 0.750. The third kappa shape index (κ3) is 34.8. The molecule has 148 valence electrons. The molecule has 0 aliphatic heterocycles. The minimum Gasteiger partial charge on any atom is -0.545 e. The van der Waals surface area contributed by atoms with E-state index in [0.717, 1.165) is 12.8 Å². The van der Waals surface area contributed by atoms with Crippen molar-refractivity contribution in [2.45, 2.75) is 71.1 Å². The third-order valence-corrected chi connectivity index (χ3v) is 3.56. The van der Waals surface area contributed by atoms with Crippen molar-refractivity contribution in [1.82, 2.24) is 0 Å². The maximum atomic E-state index is 10.2. The second kappa shape index (κ2) is 20.9. The molecular formula is C16H29NaO8S. The summed E-state index contributed by atoms with van der Waals surface area (Å²) >= 11 is 0. The van der Waals surface area contributed by atoms with Gasteiger partial charge in [0.1, 0.15) is 0 Å². The van der Waals surface area contributed by atoms with Gasteiger partial charge in [-0.05, 0) is 12.5 Å². The van der Waals surface area contributed by atoms with Crippen molar-refractivity contribution >= 4 is 22.3 Å². The smallest absolute Gasteiger partial charge is 0.545 e. The SMILES string of the molecule is CCCCCCCCCCCCOS(=O)(=O)O.O=C([O-])/C=C\C(=O)O.[Na+]. The number of carbonyl (C=O) groups excluding carboxylic acids is 1. The summed E-state index contributed by atoms with van der Waals surface area (Å²) < 4.78 is 33.0. The molecule has 0 aromatic heterocycles. The van der Waals surface area contributed by atoms with Gasteiger partial charge in [0.15, 0.2) is 0 Å². The van der Waals surface area contributed by atoms with Crippen molar-refractivity contribution in [2.75, 3.05) is 6.61 Å². The summed E-state index contributed by atoms with van der Waals surface area (Å²) in [7, 11) is -4.23. The Hall–Kier alpha value is -0.450. The van der Waals surface area contributed by atoms with Crippen LogP contribution in [0.2, 0.25) is 0 Å². The van der Waals surface area contributed by atoms with E-state index in [1.165, 1.54) is 44.9 Å². The van der Waals surface area contributed by atoms with Gasteiger partial charge >= 0.3 is 45.9 Å². The van der Waals surface area contributed by atoms with Crippen molar-refractivity contribution in [3.8, 4) is 0 Å². The Balaban J connectivity index is -0.000000498. The monoisotopic (exact) mass is 404 g/mol. The van der Waals surface area contributed by atoms with Crippen LogP contribution in [0.4, 0.5) is 0 Å². The maximum absolute atomic E-state index is 10.2. The summed E-state index contributed by atoms with van der Waals surface area (Å²) in [5.74, 6) is -2.80. The number of aliphatic carboxylic acids is 2. The van der Waals surface area contributed by atoms with Gasteiger partial charge in [-0.15, -0.1) is 0 Å². The summed E-state index contributed by atoms with van der Waals surface area (Å²) in [5, 5.41) is 17.2. The molecule has 2 N–H and O–H groups in total. The van der Waals surface area contributed by atoms with Crippen LogP contribution in [0.25, 0.3) is 0 Å².